The van der Waals surface area contributed by atoms with Crippen molar-refractivity contribution < 1.29 is 29.3 Å². The molecule has 0 aliphatic carbocycles. The van der Waals surface area contributed by atoms with Gasteiger partial charge in [0.15, 0.2) is 6.10 Å². The van der Waals surface area contributed by atoms with Gasteiger partial charge in [-0.1, -0.05) is 0 Å². The third kappa shape index (κ3) is 8.34. The predicted octanol–water partition coefficient (Wildman–Crippen LogP) is -0.926. The second-order valence-electron chi connectivity index (χ2n) is 3.38. The number of hydrogen-bond acceptors (Lipinski definition) is 5. The number of aliphatic hydroxyl groups is 1. The van der Waals surface area contributed by atoms with Crippen LogP contribution in [0.1, 0.15) is 19.8 Å². The summed E-state index contributed by atoms with van der Waals surface area (Å²) in [5.74, 6) is -1.74. The molecule has 0 saturated heterocycles. The molecule has 1 atom stereocenters. The van der Waals surface area contributed by atoms with Gasteiger partial charge in [0.25, 0.3) is 0 Å². The van der Waals surface area contributed by atoms with E-state index in [0.717, 1.165) is 0 Å². The molecule has 0 aromatic carbocycles. The van der Waals surface area contributed by atoms with Crippen LogP contribution in [-0.4, -0.2) is 54.0 Å². The Balaban J connectivity index is 3.54. The van der Waals surface area contributed by atoms with Crippen molar-refractivity contribution in [3.05, 3.63) is 0 Å². The number of esters is 1. The minimum Gasteiger partial charge on any atom is -0.479 e. The molecule has 0 heterocycles. The summed E-state index contributed by atoms with van der Waals surface area (Å²) in [5.41, 5.74) is 0. The van der Waals surface area contributed by atoms with E-state index < -0.39 is 24.1 Å². The molecule has 8 nitrogen and oxygen atoms in total. The lowest BCUT2D eigenvalue weighted by molar-refractivity contribution is -0.147. The number of carboxylic acids is 1. The number of amides is 2. The minimum absolute atomic E-state index is 0.0265. The zero-order chi connectivity index (χ0) is 14.0. The van der Waals surface area contributed by atoms with Crippen LogP contribution >= 0.6 is 0 Å². The van der Waals surface area contributed by atoms with Gasteiger partial charge in [0.2, 0.25) is 0 Å². The Labute approximate surface area is 104 Å². The molecular weight excluding hydrogens is 244 g/mol. The van der Waals surface area contributed by atoms with Crippen molar-refractivity contribution in [1.82, 2.24) is 10.6 Å². The lowest BCUT2D eigenvalue weighted by Gasteiger charge is -2.08. The van der Waals surface area contributed by atoms with Crippen molar-refractivity contribution in [1.29, 1.82) is 0 Å². The van der Waals surface area contributed by atoms with Crippen LogP contribution in [0.2, 0.25) is 0 Å². The van der Waals surface area contributed by atoms with Crippen LogP contribution < -0.4 is 10.6 Å². The first kappa shape index (κ1) is 16.2. The highest BCUT2D eigenvalue weighted by Crippen LogP contribution is 1.89. The predicted molar refractivity (Wildman–Crippen MR) is 60.9 cm³/mol. The van der Waals surface area contributed by atoms with E-state index in [0.29, 0.717) is 0 Å². The molecule has 0 aliphatic rings. The van der Waals surface area contributed by atoms with Gasteiger partial charge in [-0.15, -0.1) is 0 Å². The van der Waals surface area contributed by atoms with E-state index in [1.54, 1.807) is 6.92 Å². The second-order valence-corrected chi connectivity index (χ2v) is 3.38. The average molecular weight is 262 g/mol. The van der Waals surface area contributed by atoms with Gasteiger partial charge in [-0.25, -0.2) is 9.59 Å². The summed E-state index contributed by atoms with van der Waals surface area (Å²) < 4.78 is 4.65. The Morgan fingerprint density at radius 1 is 1.22 bits per heavy atom. The number of ether oxygens (including phenoxy) is 1. The Morgan fingerprint density at radius 3 is 2.39 bits per heavy atom. The summed E-state index contributed by atoms with van der Waals surface area (Å²) in [4.78, 5) is 32.3. The third-order valence-electron chi connectivity index (χ3n) is 1.91. The Morgan fingerprint density at radius 2 is 1.83 bits per heavy atom. The highest BCUT2D eigenvalue weighted by atomic mass is 16.5. The summed E-state index contributed by atoms with van der Waals surface area (Å²) in [6, 6.07) is -0.531. The molecule has 0 aromatic rings. The van der Waals surface area contributed by atoms with E-state index in [4.69, 9.17) is 10.2 Å². The quantitative estimate of drug-likeness (QED) is 0.419. The number of urea groups is 1. The molecule has 0 unspecified atom stereocenters. The highest BCUT2D eigenvalue weighted by molar-refractivity contribution is 5.75. The molecule has 2 amide bonds. The summed E-state index contributed by atoms with van der Waals surface area (Å²) in [5, 5.41) is 22.0. The zero-order valence-corrected chi connectivity index (χ0v) is 10.1. The third-order valence-corrected chi connectivity index (χ3v) is 1.91. The van der Waals surface area contributed by atoms with Crippen LogP contribution in [0.15, 0.2) is 0 Å². The number of nitrogens with one attached hydrogen (secondary N) is 2. The van der Waals surface area contributed by atoms with Gasteiger partial charge in [0.1, 0.15) is 0 Å². The summed E-state index contributed by atoms with van der Waals surface area (Å²) >= 11 is 0. The van der Waals surface area contributed by atoms with Gasteiger partial charge in [-0.05, 0) is 6.92 Å². The van der Waals surface area contributed by atoms with Crippen LogP contribution in [0.4, 0.5) is 4.79 Å². The molecule has 0 rings (SSSR count). The fourth-order valence-corrected chi connectivity index (χ4v) is 1.02. The van der Waals surface area contributed by atoms with Crippen LogP contribution in [0.3, 0.4) is 0 Å². The molecule has 0 aliphatic heterocycles. The lowest BCUT2D eigenvalue weighted by Crippen LogP contribution is -2.38. The van der Waals surface area contributed by atoms with Crippen molar-refractivity contribution in [2.45, 2.75) is 25.9 Å². The average Bonchev–Trinajstić information content (AvgIpc) is 2.29. The Bertz CT molecular complexity index is 294. The standard InChI is InChI=1S/C10H18N2O6/c1-2-18-8(14)4-6-12-10(17)11-5-3-7(13)9(15)16/h7,13H,2-6H2,1H3,(H,15,16)(H2,11,12,17)/t7-/m0/s1. The molecule has 104 valence electrons. The van der Waals surface area contributed by atoms with Gasteiger partial charge in [0, 0.05) is 19.5 Å². The Hall–Kier alpha value is -1.83. The maximum atomic E-state index is 11.1. The van der Waals surface area contributed by atoms with Crippen LogP contribution in [0.25, 0.3) is 0 Å². The molecular formula is C10H18N2O6. The van der Waals surface area contributed by atoms with Gasteiger partial charge in [0.05, 0.1) is 13.0 Å². The van der Waals surface area contributed by atoms with E-state index in [1.165, 1.54) is 0 Å². The molecule has 0 saturated carbocycles. The van der Waals surface area contributed by atoms with Crippen molar-refractivity contribution in [2.75, 3.05) is 19.7 Å². The molecule has 0 aromatic heterocycles. The number of carbonyl (C=O) groups excluding carboxylic acids is 2. The molecule has 0 spiro atoms. The SMILES string of the molecule is CCOC(=O)CCNC(=O)NCC[C@H](O)C(=O)O. The van der Waals surface area contributed by atoms with Crippen LogP contribution in [0.5, 0.6) is 0 Å². The van der Waals surface area contributed by atoms with E-state index in [1.807, 2.05) is 0 Å². The largest absolute Gasteiger partial charge is 0.479 e. The first-order chi connectivity index (χ1) is 8.47. The van der Waals surface area contributed by atoms with Crippen molar-refractivity contribution in [3.63, 3.8) is 0 Å². The normalized spacial score (nSPS) is 11.4. The lowest BCUT2D eigenvalue weighted by atomic mass is 10.2. The first-order valence-corrected chi connectivity index (χ1v) is 5.55. The minimum atomic E-state index is -1.50. The first-order valence-electron chi connectivity index (χ1n) is 5.55. The van der Waals surface area contributed by atoms with Gasteiger partial charge < -0.3 is 25.6 Å². The van der Waals surface area contributed by atoms with E-state index >= 15 is 0 Å². The smallest absolute Gasteiger partial charge is 0.332 e. The number of carboxylic acid groups (broad SMARTS) is 1. The number of aliphatic hydroxyl groups excluding tert-OH is 1. The van der Waals surface area contributed by atoms with Crippen molar-refractivity contribution >= 4 is 18.0 Å². The molecule has 4 N–H and O–H groups in total. The van der Waals surface area contributed by atoms with Crippen LogP contribution in [-0.2, 0) is 14.3 Å². The monoisotopic (exact) mass is 262 g/mol. The van der Waals surface area contributed by atoms with Gasteiger partial charge in [-0.3, -0.25) is 4.79 Å². The number of carbonyl (C=O) groups is 3. The Kier molecular flexibility index (Phi) is 8.29. The number of rotatable bonds is 8. The number of hydrogen-bond donors (Lipinski definition) is 4. The molecule has 0 fully saturated rings. The van der Waals surface area contributed by atoms with Crippen LogP contribution in [0, 0.1) is 0 Å². The fourth-order valence-electron chi connectivity index (χ4n) is 1.02. The fraction of sp³-hybridized carbons (Fsp3) is 0.700. The molecule has 8 heteroatoms. The van der Waals surface area contributed by atoms with Gasteiger partial charge in [-0.2, -0.15) is 0 Å². The summed E-state index contributed by atoms with van der Waals surface area (Å²) in [6.07, 6.45) is -1.51. The number of aliphatic carboxylic acids is 1. The molecule has 0 radical (unpaired) electrons. The molecule has 0 bridgehead atoms. The maximum absolute atomic E-state index is 11.1. The van der Waals surface area contributed by atoms with E-state index in [-0.39, 0.29) is 32.5 Å². The van der Waals surface area contributed by atoms with Gasteiger partial charge >= 0.3 is 18.0 Å². The zero-order valence-electron chi connectivity index (χ0n) is 10.1. The maximum Gasteiger partial charge on any atom is 0.332 e. The van der Waals surface area contributed by atoms with E-state index in [9.17, 15) is 14.4 Å². The topological polar surface area (TPSA) is 125 Å². The van der Waals surface area contributed by atoms with E-state index in [2.05, 4.69) is 15.4 Å². The summed E-state index contributed by atoms with van der Waals surface area (Å²) in [6.45, 7) is 2.13. The van der Waals surface area contributed by atoms with Crippen molar-refractivity contribution in [3.8, 4) is 0 Å². The van der Waals surface area contributed by atoms with Crippen molar-refractivity contribution in [2.24, 2.45) is 0 Å². The second kappa shape index (κ2) is 9.23. The highest BCUT2D eigenvalue weighted by Gasteiger charge is 2.12. The molecule has 18 heavy (non-hydrogen) atoms. The summed E-state index contributed by atoms with van der Waals surface area (Å²) in [7, 11) is 0.